The van der Waals surface area contributed by atoms with Crippen molar-refractivity contribution in [1.29, 1.82) is 0 Å². The number of likely N-dealkylation sites (N-methyl/N-ethyl adjacent to an activating group) is 1. The molecule has 3 nitrogen and oxygen atoms in total. The highest BCUT2D eigenvalue weighted by molar-refractivity contribution is 6.01. The lowest BCUT2D eigenvalue weighted by Crippen LogP contribution is -2.47. The van der Waals surface area contributed by atoms with E-state index in [9.17, 15) is 4.79 Å². The molecule has 0 bridgehead atoms. The van der Waals surface area contributed by atoms with Gasteiger partial charge in [0.1, 0.15) is 5.66 Å². The highest BCUT2D eigenvalue weighted by Gasteiger charge is 2.56. The van der Waals surface area contributed by atoms with Crippen molar-refractivity contribution in [2.75, 3.05) is 20.1 Å². The molecule has 3 heteroatoms. The number of amides is 1. The lowest BCUT2D eigenvalue weighted by molar-refractivity contribution is 0.0527. The molecule has 1 fully saturated rings. The number of benzene rings is 2. The number of hydrogen-bond donors (Lipinski definition) is 0. The lowest BCUT2D eigenvalue weighted by atomic mass is 9.90. The number of rotatable bonds is 1. The number of hydrogen-bond acceptors (Lipinski definition) is 2. The van der Waals surface area contributed by atoms with Crippen LogP contribution in [-0.2, 0) is 5.66 Å². The molecule has 106 valence electrons. The molecular weight excluding hydrogens is 260 g/mol. The van der Waals surface area contributed by atoms with Crippen molar-refractivity contribution in [2.24, 2.45) is 0 Å². The molecule has 0 saturated carbocycles. The molecule has 0 aromatic heterocycles. The molecule has 4 rings (SSSR count). The second kappa shape index (κ2) is 4.18. The Hall–Kier alpha value is -2.13. The molecule has 21 heavy (non-hydrogen) atoms. The Balaban J connectivity index is 2.02. The summed E-state index contributed by atoms with van der Waals surface area (Å²) in [6.07, 6.45) is 0. The van der Waals surface area contributed by atoms with Crippen LogP contribution in [0.1, 0.15) is 27.0 Å². The average molecular weight is 278 g/mol. The lowest BCUT2D eigenvalue weighted by Gasteiger charge is -2.38. The van der Waals surface area contributed by atoms with E-state index >= 15 is 0 Å². The van der Waals surface area contributed by atoms with Crippen LogP contribution in [0.25, 0.3) is 0 Å². The van der Waals surface area contributed by atoms with Gasteiger partial charge in [0.25, 0.3) is 5.91 Å². The van der Waals surface area contributed by atoms with E-state index in [0.717, 1.165) is 24.2 Å². The Morgan fingerprint density at radius 3 is 2.48 bits per heavy atom. The standard InChI is InChI=1S/C18H18N2O/c1-13-7-9-14(10-8-13)18-16-6-4-3-5-15(16)17(21)20(18)12-11-19(18)2/h3-10H,11-12H2,1-2H3. The fourth-order valence-electron chi connectivity index (χ4n) is 3.82. The van der Waals surface area contributed by atoms with Gasteiger partial charge in [0, 0.05) is 24.2 Å². The predicted octanol–water partition coefficient (Wildman–Crippen LogP) is 2.60. The van der Waals surface area contributed by atoms with E-state index in [0.29, 0.717) is 0 Å². The second-order valence-electron chi connectivity index (χ2n) is 5.96. The van der Waals surface area contributed by atoms with Gasteiger partial charge in [-0.2, -0.15) is 0 Å². The molecule has 1 amide bonds. The van der Waals surface area contributed by atoms with Gasteiger partial charge in [-0.3, -0.25) is 9.69 Å². The van der Waals surface area contributed by atoms with Gasteiger partial charge >= 0.3 is 0 Å². The van der Waals surface area contributed by atoms with Gasteiger partial charge in [0.15, 0.2) is 0 Å². The third-order valence-electron chi connectivity index (χ3n) is 4.83. The summed E-state index contributed by atoms with van der Waals surface area (Å²) in [4.78, 5) is 17.1. The quantitative estimate of drug-likeness (QED) is 0.800. The largest absolute Gasteiger partial charge is 0.311 e. The summed E-state index contributed by atoms with van der Waals surface area (Å²) in [5.41, 5.74) is 3.93. The summed E-state index contributed by atoms with van der Waals surface area (Å²) in [6, 6.07) is 16.6. The van der Waals surface area contributed by atoms with Crippen molar-refractivity contribution in [3.63, 3.8) is 0 Å². The highest BCUT2D eigenvalue weighted by atomic mass is 16.2. The minimum atomic E-state index is -0.429. The van der Waals surface area contributed by atoms with Gasteiger partial charge in [0.05, 0.1) is 0 Å². The minimum Gasteiger partial charge on any atom is -0.311 e. The van der Waals surface area contributed by atoms with Crippen LogP contribution >= 0.6 is 0 Å². The first-order chi connectivity index (χ1) is 10.2. The van der Waals surface area contributed by atoms with E-state index in [1.165, 1.54) is 11.1 Å². The molecule has 1 saturated heterocycles. The second-order valence-corrected chi connectivity index (χ2v) is 5.96. The third-order valence-corrected chi connectivity index (χ3v) is 4.83. The molecular formula is C18H18N2O. The highest BCUT2D eigenvalue weighted by Crippen LogP contribution is 2.48. The first kappa shape index (κ1) is 12.6. The fraction of sp³-hybridized carbons (Fsp3) is 0.278. The number of nitrogens with zero attached hydrogens (tertiary/aromatic N) is 2. The number of aryl methyl sites for hydroxylation is 1. The van der Waals surface area contributed by atoms with Crippen LogP contribution in [0.15, 0.2) is 48.5 Å². The van der Waals surface area contributed by atoms with Crippen molar-refractivity contribution in [2.45, 2.75) is 12.6 Å². The van der Waals surface area contributed by atoms with Gasteiger partial charge in [-0.15, -0.1) is 0 Å². The molecule has 2 aliphatic heterocycles. The van der Waals surface area contributed by atoms with Crippen LogP contribution in [0, 0.1) is 6.92 Å². The van der Waals surface area contributed by atoms with Crippen molar-refractivity contribution >= 4 is 5.91 Å². The van der Waals surface area contributed by atoms with E-state index in [1.54, 1.807) is 0 Å². The molecule has 0 N–H and O–H groups in total. The SMILES string of the molecule is Cc1ccc(C23c4ccccc4C(=O)N2CCN3C)cc1. The van der Waals surface area contributed by atoms with Crippen LogP contribution in [0.2, 0.25) is 0 Å². The fourth-order valence-corrected chi connectivity index (χ4v) is 3.82. The molecule has 2 heterocycles. The summed E-state index contributed by atoms with van der Waals surface area (Å²) in [6.45, 7) is 3.76. The van der Waals surface area contributed by atoms with Gasteiger partial charge in [-0.05, 0) is 25.6 Å². The van der Waals surface area contributed by atoms with E-state index in [4.69, 9.17) is 0 Å². The zero-order valence-electron chi connectivity index (χ0n) is 12.3. The van der Waals surface area contributed by atoms with Gasteiger partial charge in [-0.1, -0.05) is 48.0 Å². The summed E-state index contributed by atoms with van der Waals surface area (Å²) in [5, 5.41) is 0. The zero-order chi connectivity index (χ0) is 14.6. The van der Waals surface area contributed by atoms with Crippen molar-refractivity contribution in [3.8, 4) is 0 Å². The maximum Gasteiger partial charge on any atom is 0.256 e. The smallest absolute Gasteiger partial charge is 0.256 e. The molecule has 0 radical (unpaired) electrons. The summed E-state index contributed by atoms with van der Waals surface area (Å²) < 4.78 is 0. The van der Waals surface area contributed by atoms with E-state index < -0.39 is 5.66 Å². The Kier molecular flexibility index (Phi) is 2.51. The monoisotopic (exact) mass is 278 g/mol. The minimum absolute atomic E-state index is 0.149. The van der Waals surface area contributed by atoms with Crippen LogP contribution in [0.5, 0.6) is 0 Å². The van der Waals surface area contributed by atoms with Gasteiger partial charge in [0.2, 0.25) is 0 Å². The number of fused-ring (bicyclic) bond motifs is 3. The van der Waals surface area contributed by atoms with Crippen LogP contribution < -0.4 is 0 Å². The molecule has 0 aliphatic carbocycles. The van der Waals surface area contributed by atoms with E-state index in [2.05, 4.69) is 49.2 Å². The maximum absolute atomic E-state index is 12.8. The summed E-state index contributed by atoms with van der Waals surface area (Å²) >= 11 is 0. The van der Waals surface area contributed by atoms with Crippen LogP contribution in [0.4, 0.5) is 0 Å². The summed E-state index contributed by atoms with van der Waals surface area (Å²) in [7, 11) is 2.11. The first-order valence-corrected chi connectivity index (χ1v) is 7.35. The average Bonchev–Trinajstić information content (AvgIpc) is 2.97. The Bertz CT molecular complexity index is 722. The first-order valence-electron chi connectivity index (χ1n) is 7.35. The Morgan fingerprint density at radius 2 is 1.71 bits per heavy atom. The molecule has 0 spiro atoms. The van der Waals surface area contributed by atoms with Crippen molar-refractivity contribution in [3.05, 3.63) is 70.8 Å². The van der Waals surface area contributed by atoms with Crippen LogP contribution in [-0.4, -0.2) is 35.8 Å². The number of carbonyl (C=O) groups excluding carboxylic acids is 1. The van der Waals surface area contributed by atoms with Crippen LogP contribution in [0.3, 0.4) is 0 Å². The third kappa shape index (κ3) is 1.44. The van der Waals surface area contributed by atoms with E-state index in [-0.39, 0.29) is 5.91 Å². The zero-order valence-corrected chi connectivity index (χ0v) is 12.3. The molecule has 2 aromatic carbocycles. The Morgan fingerprint density at radius 1 is 1.00 bits per heavy atom. The normalized spacial score (nSPS) is 24.3. The van der Waals surface area contributed by atoms with Crippen molar-refractivity contribution in [1.82, 2.24) is 9.80 Å². The topological polar surface area (TPSA) is 23.6 Å². The van der Waals surface area contributed by atoms with Gasteiger partial charge in [-0.25, -0.2) is 0 Å². The van der Waals surface area contributed by atoms with E-state index in [1.807, 2.05) is 23.1 Å². The summed E-state index contributed by atoms with van der Waals surface area (Å²) in [5.74, 6) is 0.149. The van der Waals surface area contributed by atoms with Gasteiger partial charge < -0.3 is 4.90 Å². The number of carbonyl (C=O) groups is 1. The molecule has 2 aliphatic rings. The predicted molar refractivity (Wildman–Crippen MR) is 82.1 cm³/mol. The van der Waals surface area contributed by atoms with Crippen molar-refractivity contribution < 1.29 is 4.79 Å². The molecule has 2 aromatic rings. The maximum atomic E-state index is 12.8. The molecule has 1 unspecified atom stereocenters. The Labute approximate surface area is 124 Å². The molecule has 1 atom stereocenters.